The molecule has 0 atom stereocenters. The first-order valence-electron chi connectivity index (χ1n) is 9.44. The summed E-state index contributed by atoms with van der Waals surface area (Å²) in [5.41, 5.74) is 2.97. The Morgan fingerprint density at radius 1 is 1.21 bits per heavy atom. The molecule has 1 aromatic heterocycles. The van der Waals surface area contributed by atoms with E-state index in [1.807, 2.05) is 0 Å². The van der Waals surface area contributed by atoms with Gasteiger partial charge < -0.3 is 9.15 Å². The number of hydrazine groups is 1. The van der Waals surface area contributed by atoms with Gasteiger partial charge in [0.25, 0.3) is 17.5 Å². The molecule has 1 saturated heterocycles. The van der Waals surface area contributed by atoms with Crippen molar-refractivity contribution in [2.75, 3.05) is 7.11 Å². The van der Waals surface area contributed by atoms with Gasteiger partial charge in [-0.2, -0.15) is 5.01 Å². The number of hydrogen-bond donors (Lipinski definition) is 1. The number of hydrogen-bond acceptors (Lipinski definition) is 8. The number of carbonyl (C=O) groups is 2. The zero-order chi connectivity index (χ0) is 23.5. The highest BCUT2D eigenvalue weighted by atomic mass is 32.2. The lowest BCUT2D eigenvalue weighted by atomic mass is 10.1. The van der Waals surface area contributed by atoms with Crippen molar-refractivity contribution in [3.05, 3.63) is 87.0 Å². The molecule has 4 rings (SSSR count). The minimum atomic E-state index is -0.527. The van der Waals surface area contributed by atoms with Crippen LogP contribution in [0.3, 0.4) is 0 Å². The van der Waals surface area contributed by atoms with Crippen molar-refractivity contribution in [3.8, 4) is 17.1 Å². The third-order valence-corrected chi connectivity index (χ3v) is 5.91. The van der Waals surface area contributed by atoms with E-state index in [-0.39, 0.29) is 26.2 Å². The number of furan rings is 1. The van der Waals surface area contributed by atoms with Gasteiger partial charge in [0.15, 0.2) is 4.32 Å². The lowest BCUT2D eigenvalue weighted by molar-refractivity contribution is -0.384. The first kappa shape index (κ1) is 22.2. The summed E-state index contributed by atoms with van der Waals surface area (Å²) in [6.07, 6.45) is 1.47. The van der Waals surface area contributed by atoms with Gasteiger partial charge >= 0.3 is 0 Å². The van der Waals surface area contributed by atoms with Gasteiger partial charge in [-0.3, -0.25) is 25.1 Å². The smallest absolute Gasteiger partial charge is 0.285 e. The third kappa shape index (κ3) is 4.64. The summed E-state index contributed by atoms with van der Waals surface area (Å²) >= 11 is 6.23. The highest BCUT2D eigenvalue weighted by molar-refractivity contribution is 8.26. The Labute approximate surface area is 197 Å². The van der Waals surface area contributed by atoms with Crippen LogP contribution in [0.5, 0.6) is 5.75 Å². The Hall–Kier alpha value is -3.96. The van der Waals surface area contributed by atoms with Crippen LogP contribution in [0.25, 0.3) is 17.4 Å². The molecule has 2 amide bonds. The SMILES string of the molecule is COc1ccc(-c2ccc(/C=C3\SC(=S)N(NC(=O)c4ccccc4)C3=O)o2)c([N+](=O)[O-])c1. The molecular weight excluding hydrogens is 466 g/mol. The molecule has 1 aliphatic rings. The minimum Gasteiger partial charge on any atom is -0.497 e. The van der Waals surface area contributed by atoms with E-state index in [9.17, 15) is 19.7 Å². The molecule has 2 heterocycles. The van der Waals surface area contributed by atoms with Gasteiger partial charge in [-0.05, 0) is 48.6 Å². The highest BCUT2D eigenvalue weighted by Crippen LogP contribution is 2.36. The summed E-state index contributed by atoms with van der Waals surface area (Å²) in [5, 5.41) is 12.4. The summed E-state index contributed by atoms with van der Waals surface area (Å²) in [5.74, 6) is -0.0881. The van der Waals surface area contributed by atoms with Crippen LogP contribution in [-0.2, 0) is 4.79 Å². The number of benzene rings is 2. The van der Waals surface area contributed by atoms with Crippen molar-refractivity contribution in [2.24, 2.45) is 0 Å². The predicted molar refractivity (Wildman–Crippen MR) is 126 cm³/mol. The van der Waals surface area contributed by atoms with E-state index in [4.69, 9.17) is 21.4 Å². The molecule has 1 fully saturated rings. The average Bonchev–Trinajstić information content (AvgIpc) is 3.39. The van der Waals surface area contributed by atoms with Crippen LogP contribution < -0.4 is 10.2 Å². The average molecular weight is 482 g/mol. The van der Waals surface area contributed by atoms with Crippen molar-refractivity contribution in [1.82, 2.24) is 10.4 Å². The molecule has 0 spiro atoms. The number of ether oxygens (including phenoxy) is 1. The molecule has 2 aromatic carbocycles. The summed E-state index contributed by atoms with van der Waals surface area (Å²) in [6, 6.07) is 16.0. The van der Waals surface area contributed by atoms with E-state index < -0.39 is 16.7 Å². The van der Waals surface area contributed by atoms with Crippen molar-refractivity contribution >= 4 is 51.9 Å². The second-order valence-electron chi connectivity index (χ2n) is 6.67. The molecule has 3 aromatic rings. The fourth-order valence-electron chi connectivity index (χ4n) is 3.02. The van der Waals surface area contributed by atoms with Gasteiger partial charge in [-0.15, -0.1) is 0 Å². The van der Waals surface area contributed by atoms with E-state index >= 15 is 0 Å². The first-order chi connectivity index (χ1) is 15.9. The lowest BCUT2D eigenvalue weighted by Gasteiger charge is -2.15. The second-order valence-corrected chi connectivity index (χ2v) is 8.34. The predicted octanol–water partition coefficient (Wildman–Crippen LogP) is 4.41. The molecule has 0 saturated carbocycles. The van der Waals surface area contributed by atoms with Crippen molar-refractivity contribution in [3.63, 3.8) is 0 Å². The summed E-state index contributed by atoms with van der Waals surface area (Å²) < 4.78 is 10.9. The number of amides is 2. The van der Waals surface area contributed by atoms with Gasteiger partial charge in [-0.25, -0.2) is 0 Å². The zero-order valence-electron chi connectivity index (χ0n) is 17.0. The molecule has 33 heavy (non-hydrogen) atoms. The quantitative estimate of drug-likeness (QED) is 0.238. The van der Waals surface area contributed by atoms with Crippen LogP contribution in [0.15, 0.2) is 70.0 Å². The topological polar surface area (TPSA) is 115 Å². The summed E-state index contributed by atoms with van der Waals surface area (Å²) in [7, 11) is 1.42. The number of rotatable bonds is 6. The number of nitro groups is 1. The molecule has 0 unspecified atom stereocenters. The highest BCUT2D eigenvalue weighted by Gasteiger charge is 2.34. The third-order valence-electron chi connectivity index (χ3n) is 4.61. The Morgan fingerprint density at radius 3 is 2.67 bits per heavy atom. The number of thiocarbonyl (C=S) groups is 1. The molecule has 1 aliphatic heterocycles. The zero-order valence-corrected chi connectivity index (χ0v) is 18.6. The Morgan fingerprint density at radius 2 is 1.97 bits per heavy atom. The van der Waals surface area contributed by atoms with Crippen LogP contribution in [0.1, 0.15) is 16.1 Å². The molecular formula is C22H15N3O6S2. The largest absolute Gasteiger partial charge is 0.497 e. The standard InChI is InChI=1S/C22H15N3O6S2/c1-30-14-7-9-16(17(11-14)25(28)29)18-10-8-15(31-18)12-19-21(27)24(22(32)33-19)23-20(26)13-5-3-2-4-6-13/h2-12H,1H3,(H,23,26)/b19-12-. The minimum absolute atomic E-state index is 0.160. The monoisotopic (exact) mass is 481 g/mol. The molecule has 1 N–H and O–H groups in total. The second kappa shape index (κ2) is 9.27. The summed E-state index contributed by atoms with van der Waals surface area (Å²) in [4.78, 5) is 36.3. The lowest BCUT2D eigenvalue weighted by Crippen LogP contribution is -2.44. The number of carbonyl (C=O) groups excluding carboxylic acids is 2. The fourth-order valence-corrected chi connectivity index (χ4v) is 4.18. The number of thioether (sulfide) groups is 1. The van der Waals surface area contributed by atoms with Gasteiger partial charge in [0, 0.05) is 11.6 Å². The molecule has 11 heteroatoms. The first-order valence-corrected chi connectivity index (χ1v) is 10.7. The molecule has 9 nitrogen and oxygen atoms in total. The van der Waals surface area contributed by atoms with Crippen molar-refractivity contribution < 1.29 is 23.7 Å². The Balaban J connectivity index is 1.55. The van der Waals surface area contributed by atoms with Crippen LogP contribution in [0.4, 0.5) is 5.69 Å². The summed E-state index contributed by atoms with van der Waals surface area (Å²) in [6.45, 7) is 0. The van der Waals surface area contributed by atoms with E-state index in [1.165, 1.54) is 25.3 Å². The number of nitro benzene ring substituents is 1. The van der Waals surface area contributed by atoms with Gasteiger partial charge in [-0.1, -0.05) is 30.0 Å². The molecule has 0 bridgehead atoms. The van der Waals surface area contributed by atoms with E-state index in [2.05, 4.69) is 5.43 Å². The van der Waals surface area contributed by atoms with Crippen molar-refractivity contribution in [1.29, 1.82) is 0 Å². The maximum absolute atomic E-state index is 12.8. The van der Waals surface area contributed by atoms with Crippen LogP contribution in [0, 0.1) is 10.1 Å². The van der Waals surface area contributed by atoms with Crippen LogP contribution >= 0.6 is 24.0 Å². The molecule has 166 valence electrons. The van der Waals surface area contributed by atoms with E-state index in [0.29, 0.717) is 17.1 Å². The number of nitrogens with one attached hydrogen (secondary N) is 1. The van der Waals surface area contributed by atoms with Crippen LogP contribution in [-0.4, -0.2) is 33.2 Å². The normalized spacial score (nSPS) is 14.6. The molecule has 0 radical (unpaired) electrons. The molecule has 0 aliphatic carbocycles. The number of methoxy groups -OCH3 is 1. The maximum atomic E-state index is 12.8. The van der Waals surface area contributed by atoms with E-state index in [0.717, 1.165) is 16.8 Å². The van der Waals surface area contributed by atoms with Gasteiger partial charge in [0.05, 0.1) is 28.6 Å². The fraction of sp³-hybridized carbons (Fsp3) is 0.0455. The van der Waals surface area contributed by atoms with Gasteiger partial charge in [0.2, 0.25) is 0 Å². The van der Waals surface area contributed by atoms with Crippen LogP contribution in [0.2, 0.25) is 0 Å². The maximum Gasteiger partial charge on any atom is 0.285 e. The van der Waals surface area contributed by atoms with Crippen molar-refractivity contribution in [2.45, 2.75) is 0 Å². The Kier molecular flexibility index (Phi) is 6.24. The Bertz CT molecular complexity index is 1300. The number of nitrogens with zero attached hydrogens (tertiary/aromatic N) is 2. The van der Waals surface area contributed by atoms with E-state index in [1.54, 1.807) is 48.5 Å². The van der Waals surface area contributed by atoms with Gasteiger partial charge in [0.1, 0.15) is 17.3 Å².